The molecular weight excluding hydrogens is 206 g/mol. The molecule has 0 bridgehead atoms. The highest BCUT2D eigenvalue weighted by Crippen LogP contribution is 2.26. The molecule has 0 amide bonds. The van der Waals surface area contributed by atoms with E-state index in [1.165, 1.54) is 15.6 Å². The molecule has 1 rings (SSSR count). The number of rotatable bonds is 2. The monoisotopic (exact) mass is 219 g/mol. The lowest BCUT2D eigenvalue weighted by Crippen LogP contribution is -2.21. The van der Waals surface area contributed by atoms with Gasteiger partial charge in [-0.15, -0.1) is 11.3 Å². The predicted octanol–water partition coefficient (Wildman–Crippen LogP) is 1.62. The smallest absolute Gasteiger partial charge is 0.206 e. The Morgan fingerprint density at radius 1 is 1.31 bits per heavy atom. The van der Waals surface area contributed by atoms with E-state index in [0.29, 0.717) is 4.21 Å². The van der Waals surface area contributed by atoms with Crippen LogP contribution in [0.4, 0.5) is 0 Å². The van der Waals surface area contributed by atoms with Crippen molar-refractivity contribution in [1.29, 1.82) is 0 Å². The van der Waals surface area contributed by atoms with Crippen LogP contribution in [0.3, 0.4) is 0 Å². The second-order valence-electron chi connectivity index (χ2n) is 3.09. The third-order valence-electron chi connectivity index (χ3n) is 1.88. The standard InChI is InChI=1S/C8H13NO2S2/c1-6-5-8(12-7(6)2)13(10,11)9(3)4/h5H,1-4H3. The zero-order valence-corrected chi connectivity index (χ0v) is 9.79. The largest absolute Gasteiger partial charge is 0.252 e. The van der Waals surface area contributed by atoms with Crippen LogP contribution in [0.1, 0.15) is 10.4 Å². The second-order valence-corrected chi connectivity index (χ2v) is 6.73. The van der Waals surface area contributed by atoms with E-state index in [2.05, 4.69) is 0 Å². The molecule has 0 aromatic carbocycles. The van der Waals surface area contributed by atoms with Crippen molar-refractivity contribution in [1.82, 2.24) is 4.31 Å². The Bertz CT molecular complexity index is 384. The summed E-state index contributed by atoms with van der Waals surface area (Å²) in [6.45, 7) is 3.84. The van der Waals surface area contributed by atoms with Gasteiger partial charge in [-0.3, -0.25) is 0 Å². The van der Waals surface area contributed by atoms with Crippen molar-refractivity contribution in [2.45, 2.75) is 18.1 Å². The zero-order chi connectivity index (χ0) is 10.2. The minimum absolute atomic E-state index is 0.424. The van der Waals surface area contributed by atoms with Crippen molar-refractivity contribution in [3.05, 3.63) is 16.5 Å². The number of hydrogen-bond acceptors (Lipinski definition) is 3. The van der Waals surface area contributed by atoms with E-state index in [0.717, 1.165) is 10.4 Å². The number of hydrogen-bond donors (Lipinski definition) is 0. The molecule has 0 aliphatic heterocycles. The Hall–Kier alpha value is -0.390. The molecule has 0 aliphatic carbocycles. The predicted molar refractivity (Wildman–Crippen MR) is 54.7 cm³/mol. The van der Waals surface area contributed by atoms with Crippen LogP contribution in [-0.4, -0.2) is 26.8 Å². The van der Waals surface area contributed by atoms with Gasteiger partial charge in [-0.2, -0.15) is 0 Å². The van der Waals surface area contributed by atoms with E-state index >= 15 is 0 Å². The van der Waals surface area contributed by atoms with Crippen molar-refractivity contribution in [2.24, 2.45) is 0 Å². The van der Waals surface area contributed by atoms with Crippen LogP contribution < -0.4 is 0 Å². The van der Waals surface area contributed by atoms with Crippen LogP contribution in [0.5, 0.6) is 0 Å². The fourth-order valence-electron chi connectivity index (χ4n) is 0.846. The first-order chi connectivity index (χ1) is 5.85. The van der Waals surface area contributed by atoms with Crippen molar-refractivity contribution >= 4 is 21.4 Å². The number of nitrogens with zero attached hydrogens (tertiary/aromatic N) is 1. The maximum atomic E-state index is 11.6. The molecule has 0 unspecified atom stereocenters. The Labute approximate surface area is 83.1 Å². The third-order valence-corrected chi connectivity index (χ3v) is 5.30. The van der Waals surface area contributed by atoms with Crippen molar-refractivity contribution < 1.29 is 8.42 Å². The van der Waals surface area contributed by atoms with Gasteiger partial charge in [0.2, 0.25) is 0 Å². The topological polar surface area (TPSA) is 37.4 Å². The van der Waals surface area contributed by atoms with Gasteiger partial charge in [-0.1, -0.05) is 0 Å². The highest BCUT2D eigenvalue weighted by Gasteiger charge is 2.19. The molecule has 0 atom stereocenters. The molecule has 1 aromatic heterocycles. The molecule has 74 valence electrons. The third kappa shape index (κ3) is 1.92. The molecule has 0 saturated carbocycles. The van der Waals surface area contributed by atoms with Gasteiger partial charge in [0, 0.05) is 19.0 Å². The first kappa shape index (κ1) is 10.7. The summed E-state index contributed by atoms with van der Waals surface area (Å²) < 4.78 is 24.9. The van der Waals surface area contributed by atoms with Crippen LogP contribution in [0.15, 0.2) is 10.3 Å². The molecule has 1 aromatic rings. The van der Waals surface area contributed by atoms with Gasteiger partial charge < -0.3 is 0 Å². The summed E-state index contributed by atoms with van der Waals surface area (Å²) in [5, 5.41) is 0. The SMILES string of the molecule is Cc1cc(S(=O)(=O)N(C)C)sc1C. The van der Waals surface area contributed by atoms with Crippen LogP contribution in [0.25, 0.3) is 0 Å². The van der Waals surface area contributed by atoms with Crippen molar-refractivity contribution in [2.75, 3.05) is 14.1 Å². The maximum Gasteiger partial charge on any atom is 0.252 e. The first-order valence-electron chi connectivity index (χ1n) is 3.85. The lowest BCUT2D eigenvalue weighted by Gasteiger charge is -2.08. The van der Waals surface area contributed by atoms with E-state index in [1.807, 2.05) is 13.8 Å². The normalized spacial score (nSPS) is 12.4. The number of sulfonamides is 1. The quantitative estimate of drug-likeness (QED) is 0.758. The highest BCUT2D eigenvalue weighted by atomic mass is 32.2. The Morgan fingerprint density at radius 2 is 1.85 bits per heavy atom. The molecule has 0 saturated heterocycles. The molecule has 3 nitrogen and oxygen atoms in total. The molecular formula is C8H13NO2S2. The zero-order valence-electron chi connectivity index (χ0n) is 8.16. The van der Waals surface area contributed by atoms with Crippen LogP contribution in [0, 0.1) is 13.8 Å². The lowest BCUT2D eigenvalue weighted by atomic mass is 10.3. The van der Waals surface area contributed by atoms with Gasteiger partial charge in [0.25, 0.3) is 10.0 Å². The molecule has 0 spiro atoms. The Morgan fingerprint density at radius 3 is 2.15 bits per heavy atom. The fourth-order valence-corrected chi connectivity index (χ4v) is 3.53. The molecule has 0 N–H and O–H groups in total. The van der Waals surface area contributed by atoms with Crippen LogP contribution in [-0.2, 0) is 10.0 Å². The average Bonchev–Trinajstić information content (AvgIpc) is 2.32. The average molecular weight is 219 g/mol. The van der Waals surface area contributed by atoms with Crippen LogP contribution in [0.2, 0.25) is 0 Å². The summed E-state index contributed by atoms with van der Waals surface area (Å²) in [5.41, 5.74) is 1.03. The minimum Gasteiger partial charge on any atom is -0.206 e. The Balaban J connectivity index is 3.24. The van der Waals surface area contributed by atoms with Gasteiger partial charge >= 0.3 is 0 Å². The highest BCUT2D eigenvalue weighted by molar-refractivity contribution is 7.91. The molecule has 13 heavy (non-hydrogen) atoms. The van der Waals surface area contributed by atoms with Crippen molar-refractivity contribution in [3.8, 4) is 0 Å². The summed E-state index contributed by atoms with van der Waals surface area (Å²) in [5.74, 6) is 0. The van der Waals surface area contributed by atoms with Gasteiger partial charge in [-0.05, 0) is 25.5 Å². The lowest BCUT2D eigenvalue weighted by molar-refractivity contribution is 0.523. The van der Waals surface area contributed by atoms with Gasteiger partial charge in [0.05, 0.1) is 0 Å². The maximum absolute atomic E-state index is 11.6. The molecule has 1 heterocycles. The van der Waals surface area contributed by atoms with E-state index in [1.54, 1.807) is 20.2 Å². The summed E-state index contributed by atoms with van der Waals surface area (Å²) in [6.07, 6.45) is 0. The molecule has 0 radical (unpaired) electrons. The number of aryl methyl sites for hydroxylation is 2. The summed E-state index contributed by atoms with van der Waals surface area (Å²) >= 11 is 1.32. The number of thiophene rings is 1. The summed E-state index contributed by atoms with van der Waals surface area (Å²) in [4.78, 5) is 1.06. The Kier molecular flexibility index (Phi) is 2.79. The summed E-state index contributed by atoms with van der Waals surface area (Å²) in [7, 11) is -0.144. The van der Waals surface area contributed by atoms with Gasteiger partial charge in [0.15, 0.2) is 0 Å². The fraction of sp³-hybridized carbons (Fsp3) is 0.500. The second kappa shape index (κ2) is 3.40. The minimum atomic E-state index is -3.23. The van der Waals surface area contributed by atoms with E-state index < -0.39 is 10.0 Å². The van der Waals surface area contributed by atoms with Gasteiger partial charge in [0.1, 0.15) is 4.21 Å². The molecule has 5 heteroatoms. The van der Waals surface area contributed by atoms with E-state index in [-0.39, 0.29) is 0 Å². The van der Waals surface area contributed by atoms with Crippen molar-refractivity contribution in [3.63, 3.8) is 0 Å². The summed E-state index contributed by atoms with van der Waals surface area (Å²) in [6, 6.07) is 1.72. The first-order valence-corrected chi connectivity index (χ1v) is 6.11. The molecule has 0 fully saturated rings. The molecule has 0 aliphatic rings. The van der Waals surface area contributed by atoms with E-state index in [4.69, 9.17) is 0 Å². The van der Waals surface area contributed by atoms with Crippen LogP contribution >= 0.6 is 11.3 Å². The van der Waals surface area contributed by atoms with E-state index in [9.17, 15) is 8.42 Å². The van der Waals surface area contributed by atoms with Gasteiger partial charge in [-0.25, -0.2) is 12.7 Å².